The minimum absolute atomic E-state index is 0.0887. The lowest BCUT2D eigenvalue weighted by Gasteiger charge is -2.08. The lowest BCUT2D eigenvalue weighted by Crippen LogP contribution is -2.38. The lowest BCUT2D eigenvalue weighted by atomic mass is 10.1. The molecule has 1 aromatic rings. The van der Waals surface area contributed by atoms with Gasteiger partial charge in [-0.2, -0.15) is 13.2 Å². The van der Waals surface area contributed by atoms with Crippen LogP contribution in [0.3, 0.4) is 0 Å². The topological polar surface area (TPSA) is 58.2 Å². The molecule has 0 atom stereocenters. The number of benzene rings is 1. The van der Waals surface area contributed by atoms with Gasteiger partial charge in [-0.15, -0.1) is 0 Å². The zero-order valence-corrected chi connectivity index (χ0v) is 11.0. The van der Waals surface area contributed by atoms with Gasteiger partial charge in [-0.3, -0.25) is 9.59 Å². The summed E-state index contributed by atoms with van der Waals surface area (Å²) < 4.78 is 48.8. The number of nitrogens with one attached hydrogen (secondary N) is 2. The molecule has 0 saturated heterocycles. The second-order valence-electron chi connectivity index (χ2n) is 4.23. The second kappa shape index (κ2) is 7.61. The maximum Gasteiger partial charge on any atom is 0.471 e. The number of carbonyl (C=O) groups excluding carboxylic acids is 2. The van der Waals surface area contributed by atoms with Crippen LogP contribution in [-0.2, 0) is 16.0 Å². The largest absolute Gasteiger partial charge is 0.471 e. The van der Waals surface area contributed by atoms with Crippen molar-refractivity contribution in [3.05, 3.63) is 35.6 Å². The Balaban J connectivity index is 2.20. The van der Waals surface area contributed by atoms with E-state index < -0.39 is 23.8 Å². The number of rotatable bonds is 6. The highest BCUT2D eigenvalue weighted by molar-refractivity contribution is 5.81. The van der Waals surface area contributed by atoms with Crippen molar-refractivity contribution in [2.75, 3.05) is 13.1 Å². The third-order valence-corrected chi connectivity index (χ3v) is 2.53. The van der Waals surface area contributed by atoms with Crippen LogP contribution in [0, 0.1) is 5.82 Å². The third-order valence-electron chi connectivity index (χ3n) is 2.53. The molecular formula is C13H14F4N2O2. The summed E-state index contributed by atoms with van der Waals surface area (Å²) in [4.78, 5) is 22.0. The van der Waals surface area contributed by atoms with E-state index in [-0.39, 0.29) is 31.5 Å². The number of amides is 2. The van der Waals surface area contributed by atoms with Gasteiger partial charge in [0.05, 0.1) is 6.42 Å². The molecule has 116 valence electrons. The van der Waals surface area contributed by atoms with Gasteiger partial charge in [0.15, 0.2) is 0 Å². The summed E-state index contributed by atoms with van der Waals surface area (Å²) >= 11 is 0. The predicted molar refractivity (Wildman–Crippen MR) is 66.8 cm³/mol. The van der Waals surface area contributed by atoms with E-state index in [1.807, 2.05) is 0 Å². The molecule has 2 amide bonds. The van der Waals surface area contributed by atoms with E-state index >= 15 is 0 Å². The summed E-state index contributed by atoms with van der Waals surface area (Å²) in [6.07, 6.45) is -4.92. The average molecular weight is 306 g/mol. The summed E-state index contributed by atoms with van der Waals surface area (Å²) in [7, 11) is 0. The number of hydrogen-bond acceptors (Lipinski definition) is 2. The molecule has 0 bridgehead atoms. The SMILES string of the molecule is O=C(Cc1ccccc1F)NCCCNC(=O)C(F)(F)F. The zero-order chi connectivity index (χ0) is 15.9. The summed E-state index contributed by atoms with van der Waals surface area (Å²) in [5.74, 6) is -2.95. The Morgan fingerprint density at radius 3 is 2.29 bits per heavy atom. The monoisotopic (exact) mass is 306 g/mol. The first kappa shape index (κ1) is 16.9. The number of alkyl halides is 3. The molecule has 0 unspecified atom stereocenters. The van der Waals surface area contributed by atoms with E-state index in [1.165, 1.54) is 18.2 Å². The van der Waals surface area contributed by atoms with Crippen LogP contribution >= 0.6 is 0 Å². The minimum atomic E-state index is -4.91. The van der Waals surface area contributed by atoms with E-state index in [9.17, 15) is 27.2 Å². The van der Waals surface area contributed by atoms with Crippen LogP contribution in [0.15, 0.2) is 24.3 Å². The van der Waals surface area contributed by atoms with Crippen LogP contribution in [0.4, 0.5) is 17.6 Å². The molecule has 0 fully saturated rings. The van der Waals surface area contributed by atoms with Crippen molar-refractivity contribution in [2.45, 2.75) is 19.0 Å². The highest BCUT2D eigenvalue weighted by Gasteiger charge is 2.38. The summed E-state index contributed by atoms with van der Waals surface area (Å²) in [6, 6.07) is 5.80. The van der Waals surface area contributed by atoms with Gasteiger partial charge in [0.25, 0.3) is 0 Å². The molecule has 0 heterocycles. The van der Waals surface area contributed by atoms with E-state index in [1.54, 1.807) is 11.4 Å². The van der Waals surface area contributed by atoms with Crippen molar-refractivity contribution >= 4 is 11.8 Å². The molecule has 21 heavy (non-hydrogen) atoms. The van der Waals surface area contributed by atoms with Crippen molar-refractivity contribution in [3.63, 3.8) is 0 Å². The molecule has 0 aliphatic carbocycles. The number of halogens is 4. The quantitative estimate of drug-likeness (QED) is 0.619. The van der Waals surface area contributed by atoms with Gasteiger partial charge in [-0.25, -0.2) is 4.39 Å². The van der Waals surface area contributed by atoms with Gasteiger partial charge in [-0.05, 0) is 18.1 Å². The molecule has 0 aliphatic heterocycles. The fraction of sp³-hybridized carbons (Fsp3) is 0.385. The first-order chi connectivity index (χ1) is 9.80. The minimum Gasteiger partial charge on any atom is -0.356 e. The highest BCUT2D eigenvalue weighted by atomic mass is 19.4. The molecule has 0 radical (unpaired) electrons. The van der Waals surface area contributed by atoms with Gasteiger partial charge in [0.1, 0.15) is 5.82 Å². The summed E-state index contributed by atoms with van der Waals surface area (Å²) in [6.45, 7) is -0.121. The predicted octanol–water partition coefficient (Wildman–Crippen LogP) is 1.55. The number of carbonyl (C=O) groups is 2. The number of hydrogen-bond donors (Lipinski definition) is 2. The normalized spacial score (nSPS) is 11.0. The molecule has 2 N–H and O–H groups in total. The Bertz CT molecular complexity index is 503. The van der Waals surface area contributed by atoms with Crippen LogP contribution in [-0.4, -0.2) is 31.1 Å². The van der Waals surface area contributed by atoms with Gasteiger partial charge in [-0.1, -0.05) is 18.2 Å². The standard InChI is InChI=1S/C13H14F4N2O2/c14-10-5-2-1-4-9(10)8-11(20)18-6-3-7-19-12(21)13(15,16)17/h1-2,4-5H,3,6-8H2,(H,18,20)(H,19,21). The van der Waals surface area contributed by atoms with Gasteiger partial charge >= 0.3 is 12.1 Å². The molecule has 1 aromatic carbocycles. The summed E-state index contributed by atoms with van der Waals surface area (Å²) in [5.41, 5.74) is 0.236. The smallest absolute Gasteiger partial charge is 0.356 e. The first-order valence-corrected chi connectivity index (χ1v) is 6.16. The highest BCUT2D eigenvalue weighted by Crippen LogP contribution is 2.13. The van der Waals surface area contributed by atoms with Gasteiger partial charge < -0.3 is 10.6 Å². The molecular weight excluding hydrogens is 292 g/mol. The van der Waals surface area contributed by atoms with Crippen LogP contribution in [0.5, 0.6) is 0 Å². The molecule has 0 saturated carbocycles. The van der Waals surface area contributed by atoms with Crippen LogP contribution in [0.2, 0.25) is 0 Å². The Morgan fingerprint density at radius 1 is 1.05 bits per heavy atom. The van der Waals surface area contributed by atoms with Crippen molar-refractivity contribution in [3.8, 4) is 0 Å². The maximum absolute atomic E-state index is 13.3. The van der Waals surface area contributed by atoms with Gasteiger partial charge in [0, 0.05) is 13.1 Å². The van der Waals surface area contributed by atoms with Crippen LogP contribution in [0.1, 0.15) is 12.0 Å². The van der Waals surface area contributed by atoms with Crippen LogP contribution in [0.25, 0.3) is 0 Å². The molecule has 0 spiro atoms. The molecule has 1 rings (SSSR count). The van der Waals surface area contributed by atoms with E-state index in [4.69, 9.17) is 0 Å². The fourth-order valence-corrected chi connectivity index (χ4v) is 1.50. The van der Waals surface area contributed by atoms with Crippen molar-refractivity contribution in [1.82, 2.24) is 10.6 Å². The van der Waals surface area contributed by atoms with E-state index in [2.05, 4.69) is 5.32 Å². The van der Waals surface area contributed by atoms with Crippen molar-refractivity contribution in [1.29, 1.82) is 0 Å². The van der Waals surface area contributed by atoms with Gasteiger partial charge in [0.2, 0.25) is 5.91 Å². The molecule has 0 aromatic heterocycles. The molecule has 4 nitrogen and oxygen atoms in total. The Kier molecular flexibility index (Phi) is 6.13. The maximum atomic E-state index is 13.3. The molecule has 8 heteroatoms. The third kappa shape index (κ3) is 6.24. The Hall–Kier alpha value is -2.12. The van der Waals surface area contributed by atoms with Crippen molar-refractivity contribution in [2.24, 2.45) is 0 Å². The first-order valence-electron chi connectivity index (χ1n) is 6.16. The zero-order valence-electron chi connectivity index (χ0n) is 11.0. The average Bonchev–Trinajstić information content (AvgIpc) is 2.39. The second-order valence-corrected chi connectivity index (χ2v) is 4.23. The van der Waals surface area contributed by atoms with E-state index in [0.29, 0.717) is 0 Å². The Morgan fingerprint density at radius 2 is 1.67 bits per heavy atom. The molecule has 0 aliphatic rings. The van der Waals surface area contributed by atoms with Crippen LogP contribution < -0.4 is 10.6 Å². The summed E-state index contributed by atoms with van der Waals surface area (Å²) in [5, 5.41) is 4.11. The fourth-order valence-electron chi connectivity index (χ4n) is 1.50. The lowest BCUT2D eigenvalue weighted by molar-refractivity contribution is -0.173. The Labute approximate surface area is 118 Å². The van der Waals surface area contributed by atoms with E-state index in [0.717, 1.165) is 0 Å². The van der Waals surface area contributed by atoms with Crippen molar-refractivity contribution < 1.29 is 27.2 Å².